The molecule has 2 aromatic carbocycles. The Kier molecular flexibility index (Phi) is 7.77. The van der Waals surface area contributed by atoms with Crippen LogP contribution in [-0.2, 0) is 11.2 Å². The van der Waals surface area contributed by atoms with Crippen LogP contribution in [0, 0.1) is 0 Å². The first-order valence-electron chi connectivity index (χ1n) is 13.7. The molecule has 3 heterocycles. The van der Waals surface area contributed by atoms with E-state index in [1.807, 2.05) is 63.4 Å². The minimum absolute atomic E-state index is 0.229. The first kappa shape index (κ1) is 26.6. The minimum Gasteiger partial charge on any atom is -0.444 e. The number of aryl methyl sites for hydroxylation is 1. The van der Waals surface area contributed by atoms with Crippen molar-refractivity contribution < 1.29 is 13.9 Å². The number of nitrogens with zero attached hydrogens (tertiary/aromatic N) is 6. The van der Waals surface area contributed by atoms with E-state index >= 15 is 0 Å². The number of rotatable bonds is 7. The Labute approximate surface area is 229 Å². The molecule has 204 valence electrons. The molecule has 1 aliphatic heterocycles. The fourth-order valence-corrected chi connectivity index (χ4v) is 4.73. The Bertz CT molecular complexity index is 1380. The normalized spacial score (nSPS) is 14.5. The second-order valence-corrected chi connectivity index (χ2v) is 11.1. The summed E-state index contributed by atoms with van der Waals surface area (Å²) in [5.41, 5.74) is 4.43. The van der Waals surface area contributed by atoms with E-state index in [0.717, 1.165) is 54.6 Å². The highest BCUT2D eigenvalue weighted by molar-refractivity contribution is 5.68. The van der Waals surface area contributed by atoms with Gasteiger partial charge in [0.15, 0.2) is 0 Å². The van der Waals surface area contributed by atoms with Gasteiger partial charge in [0.05, 0.1) is 17.6 Å². The van der Waals surface area contributed by atoms with Gasteiger partial charge in [0.2, 0.25) is 11.8 Å². The molecule has 0 aliphatic carbocycles. The number of hydrogen-bond donors (Lipinski definition) is 0. The van der Waals surface area contributed by atoms with Crippen molar-refractivity contribution in [2.45, 2.75) is 71.3 Å². The summed E-state index contributed by atoms with van der Waals surface area (Å²) >= 11 is 0. The maximum atomic E-state index is 12.4. The Morgan fingerprint density at radius 3 is 2.15 bits per heavy atom. The van der Waals surface area contributed by atoms with E-state index in [2.05, 4.69) is 39.6 Å². The van der Waals surface area contributed by atoms with Crippen molar-refractivity contribution in [3.05, 3.63) is 66.0 Å². The van der Waals surface area contributed by atoms with Gasteiger partial charge in [0.1, 0.15) is 5.60 Å². The molecule has 1 fully saturated rings. The summed E-state index contributed by atoms with van der Waals surface area (Å²) in [5.74, 6) is 1.36. The van der Waals surface area contributed by atoms with Crippen molar-refractivity contribution in [3.63, 3.8) is 0 Å². The van der Waals surface area contributed by atoms with Crippen LogP contribution >= 0.6 is 0 Å². The lowest BCUT2D eigenvalue weighted by molar-refractivity contribution is 0.0205. The minimum atomic E-state index is -0.474. The smallest absolute Gasteiger partial charge is 0.410 e. The summed E-state index contributed by atoms with van der Waals surface area (Å²) in [6.45, 7) is 9.25. The van der Waals surface area contributed by atoms with Crippen LogP contribution in [0.1, 0.15) is 70.6 Å². The summed E-state index contributed by atoms with van der Waals surface area (Å²) in [4.78, 5) is 14.2. The van der Waals surface area contributed by atoms with Gasteiger partial charge in [-0.05, 0) is 94.3 Å². The maximum Gasteiger partial charge on any atom is 0.410 e. The Morgan fingerprint density at radius 2 is 1.56 bits per heavy atom. The molecule has 1 aliphatic rings. The molecule has 4 aromatic rings. The van der Waals surface area contributed by atoms with Crippen molar-refractivity contribution in [2.24, 2.45) is 0 Å². The number of aromatic nitrogens is 5. The van der Waals surface area contributed by atoms with E-state index in [1.165, 1.54) is 5.56 Å². The lowest BCUT2D eigenvalue weighted by Crippen LogP contribution is -2.41. The summed E-state index contributed by atoms with van der Waals surface area (Å²) in [6.07, 6.45) is 6.75. The molecule has 0 spiro atoms. The molecule has 9 heteroatoms. The SMILES string of the molecule is CCCCc1cn(-c2ccc(-c3nnc(-c4ccc(C5CCN(C(=O)OC(C)(C)C)CC5)cc4)o3)cc2)nn1. The van der Waals surface area contributed by atoms with Crippen molar-refractivity contribution in [2.75, 3.05) is 13.1 Å². The van der Waals surface area contributed by atoms with E-state index in [1.54, 1.807) is 9.58 Å². The van der Waals surface area contributed by atoms with Crippen molar-refractivity contribution >= 4 is 6.09 Å². The zero-order chi connectivity index (χ0) is 27.4. The molecule has 0 bridgehead atoms. The number of likely N-dealkylation sites (tertiary alicyclic amines) is 1. The van der Waals surface area contributed by atoms with Gasteiger partial charge in [-0.3, -0.25) is 0 Å². The predicted molar refractivity (Wildman–Crippen MR) is 148 cm³/mol. The van der Waals surface area contributed by atoms with Crippen LogP contribution in [0.3, 0.4) is 0 Å². The number of carbonyl (C=O) groups is 1. The summed E-state index contributed by atoms with van der Waals surface area (Å²) in [7, 11) is 0. The van der Waals surface area contributed by atoms with E-state index in [4.69, 9.17) is 9.15 Å². The standard InChI is InChI=1S/C30H36N6O3/c1-5-6-7-25-20-36(34-31-25)26-14-12-24(13-15-26)28-33-32-27(38-28)23-10-8-21(9-11-23)22-16-18-35(19-17-22)29(37)39-30(2,3)4/h8-15,20,22H,5-7,16-19H2,1-4H3. The molecule has 2 aromatic heterocycles. The van der Waals surface area contributed by atoms with Gasteiger partial charge in [-0.2, -0.15) is 0 Å². The van der Waals surface area contributed by atoms with Gasteiger partial charge in [-0.15, -0.1) is 15.3 Å². The zero-order valence-corrected chi connectivity index (χ0v) is 23.1. The third-order valence-corrected chi connectivity index (χ3v) is 6.91. The average molecular weight is 529 g/mol. The summed E-state index contributed by atoms with van der Waals surface area (Å²) in [6, 6.07) is 16.1. The molecular formula is C30H36N6O3. The van der Waals surface area contributed by atoms with E-state index in [-0.39, 0.29) is 6.09 Å². The number of amides is 1. The molecule has 1 amide bonds. The lowest BCUT2D eigenvalue weighted by atomic mass is 9.89. The fraction of sp³-hybridized carbons (Fsp3) is 0.433. The van der Waals surface area contributed by atoms with Crippen LogP contribution in [0.2, 0.25) is 0 Å². The molecule has 5 rings (SSSR count). The van der Waals surface area contributed by atoms with Crippen LogP contribution in [0.25, 0.3) is 28.6 Å². The molecule has 1 saturated heterocycles. The second-order valence-electron chi connectivity index (χ2n) is 11.1. The monoisotopic (exact) mass is 528 g/mol. The molecule has 0 radical (unpaired) electrons. The van der Waals surface area contributed by atoms with Crippen LogP contribution in [-0.4, -0.2) is 54.9 Å². The van der Waals surface area contributed by atoms with Gasteiger partial charge >= 0.3 is 6.09 Å². The van der Waals surface area contributed by atoms with Gasteiger partial charge in [-0.1, -0.05) is 30.7 Å². The first-order valence-corrected chi connectivity index (χ1v) is 13.7. The molecular weight excluding hydrogens is 492 g/mol. The molecule has 0 N–H and O–H groups in total. The summed E-state index contributed by atoms with van der Waals surface area (Å²) < 4.78 is 13.3. The third kappa shape index (κ3) is 6.53. The number of carbonyl (C=O) groups excluding carboxylic acids is 1. The van der Waals surface area contributed by atoms with E-state index in [9.17, 15) is 4.79 Å². The zero-order valence-electron chi connectivity index (χ0n) is 23.1. The lowest BCUT2D eigenvalue weighted by Gasteiger charge is -2.33. The van der Waals surface area contributed by atoms with Crippen LogP contribution in [0.15, 0.2) is 59.1 Å². The predicted octanol–water partition coefficient (Wildman–Crippen LogP) is 6.44. The van der Waals surface area contributed by atoms with Gasteiger partial charge in [0.25, 0.3) is 0 Å². The first-order chi connectivity index (χ1) is 18.8. The van der Waals surface area contributed by atoms with Crippen molar-refractivity contribution in [1.82, 2.24) is 30.1 Å². The number of piperidine rings is 1. The average Bonchev–Trinajstić information content (AvgIpc) is 3.62. The van der Waals surface area contributed by atoms with Crippen molar-refractivity contribution in [3.8, 4) is 28.6 Å². The third-order valence-electron chi connectivity index (χ3n) is 6.91. The van der Waals surface area contributed by atoms with Crippen LogP contribution in [0.4, 0.5) is 4.79 Å². The fourth-order valence-electron chi connectivity index (χ4n) is 4.73. The highest BCUT2D eigenvalue weighted by atomic mass is 16.6. The number of benzene rings is 2. The Hall–Kier alpha value is -4.01. The molecule has 39 heavy (non-hydrogen) atoms. The molecule has 0 saturated carbocycles. The largest absolute Gasteiger partial charge is 0.444 e. The molecule has 0 unspecified atom stereocenters. The van der Waals surface area contributed by atoms with Crippen LogP contribution < -0.4 is 0 Å². The van der Waals surface area contributed by atoms with E-state index < -0.39 is 5.60 Å². The molecule has 0 atom stereocenters. The van der Waals surface area contributed by atoms with Gasteiger partial charge < -0.3 is 14.1 Å². The van der Waals surface area contributed by atoms with Crippen molar-refractivity contribution in [1.29, 1.82) is 0 Å². The summed E-state index contributed by atoms with van der Waals surface area (Å²) in [5, 5.41) is 17.0. The van der Waals surface area contributed by atoms with Gasteiger partial charge in [0, 0.05) is 24.2 Å². The molecule has 9 nitrogen and oxygen atoms in total. The quantitative estimate of drug-likeness (QED) is 0.272. The number of ether oxygens (including phenoxy) is 1. The van der Waals surface area contributed by atoms with Gasteiger partial charge in [-0.25, -0.2) is 9.48 Å². The highest BCUT2D eigenvalue weighted by Crippen LogP contribution is 2.31. The Balaban J connectivity index is 1.19. The number of hydrogen-bond acceptors (Lipinski definition) is 7. The highest BCUT2D eigenvalue weighted by Gasteiger charge is 2.27. The topological polar surface area (TPSA) is 99.2 Å². The van der Waals surface area contributed by atoms with Crippen LogP contribution in [0.5, 0.6) is 0 Å². The Morgan fingerprint density at radius 1 is 0.949 bits per heavy atom. The maximum absolute atomic E-state index is 12.4. The van der Waals surface area contributed by atoms with E-state index in [0.29, 0.717) is 30.8 Å². The number of unbranched alkanes of at least 4 members (excludes halogenated alkanes) is 1. The second kappa shape index (κ2) is 11.4.